The minimum absolute atomic E-state index is 0. The Kier molecular flexibility index (Phi) is 15.2. The van der Waals surface area contributed by atoms with E-state index in [1.165, 1.54) is 19.3 Å². The summed E-state index contributed by atoms with van der Waals surface area (Å²) in [6.07, 6.45) is 15.0. The van der Waals surface area contributed by atoms with Crippen LogP contribution in [0.3, 0.4) is 0 Å². The standard InChI is InChI=1S/3C7H12O2.Cr/c3*8-7(9)6-4-2-1-3-5-6;/h3*6H,1-5H2,(H,8,9);/q;;;+3/p-3. The minimum atomic E-state index is -0.852. The van der Waals surface area contributed by atoms with Crippen LogP contribution in [0.2, 0.25) is 0 Å². The number of hydrogen-bond donors (Lipinski definition) is 0. The fourth-order valence-corrected chi connectivity index (χ4v) is 4.01. The Morgan fingerprint density at radius 1 is 0.429 bits per heavy atom. The molecule has 0 aromatic heterocycles. The first kappa shape index (κ1) is 26.9. The van der Waals surface area contributed by atoms with Crippen molar-refractivity contribution in [2.45, 2.75) is 96.3 Å². The van der Waals surface area contributed by atoms with Crippen molar-refractivity contribution in [2.24, 2.45) is 17.8 Å². The predicted octanol–water partition coefficient (Wildman–Crippen LogP) is 0.947. The van der Waals surface area contributed by atoms with Gasteiger partial charge >= 0.3 is 17.4 Å². The molecule has 3 fully saturated rings. The van der Waals surface area contributed by atoms with Gasteiger partial charge < -0.3 is 29.7 Å². The van der Waals surface area contributed by atoms with Crippen molar-refractivity contribution in [3.8, 4) is 0 Å². The van der Waals surface area contributed by atoms with Crippen LogP contribution < -0.4 is 15.3 Å². The van der Waals surface area contributed by atoms with E-state index in [0.29, 0.717) is 0 Å². The van der Waals surface area contributed by atoms with Crippen LogP contribution in [-0.2, 0) is 31.7 Å². The van der Waals surface area contributed by atoms with E-state index in [1.54, 1.807) is 0 Å². The normalized spacial score (nSPS) is 21.0. The van der Waals surface area contributed by atoms with Gasteiger partial charge in [0.15, 0.2) is 0 Å². The zero-order valence-electron chi connectivity index (χ0n) is 16.7. The fourth-order valence-electron chi connectivity index (χ4n) is 4.01. The van der Waals surface area contributed by atoms with Crippen molar-refractivity contribution in [3.63, 3.8) is 0 Å². The van der Waals surface area contributed by atoms with E-state index in [-0.39, 0.29) is 35.1 Å². The number of rotatable bonds is 3. The smallest absolute Gasteiger partial charge is 0.550 e. The van der Waals surface area contributed by atoms with Gasteiger partial charge in [-0.15, -0.1) is 0 Å². The number of carboxylic acid groups (broad SMARTS) is 3. The second-order valence-electron chi connectivity index (χ2n) is 7.96. The van der Waals surface area contributed by atoms with Gasteiger partial charge in [-0.1, -0.05) is 57.8 Å². The van der Waals surface area contributed by atoms with Crippen molar-refractivity contribution in [3.05, 3.63) is 0 Å². The molecule has 3 rings (SSSR count). The van der Waals surface area contributed by atoms with E-state index < -0.39 is 17.9 Å². The molecule has 0 heterocycles. The molecular formula is C21H33CrO6. The summed E-state index contributed by atoms with van der Waals surface area (Å²) >= 11 is 0. The van der Waals surface area contributed by atoms with Crippen LogP contribution >= 0.6 is 0 Å². The maximum Gasteiger partial charge on any atom is 3.00 e. The van der Waals surface area contributed by atoms with Crippen molar-refractivity contribution < 1.29 is 47.1 Å². The minimum Gasteiger partial charge on any atom is -0.550 e. The molecule has 0 saturated heterocycles. The summed E-state index contributed by atoms with van der Waals surface area (Å²) in [5, 5.41) is 30.7. The van der Waals surface area contributed by atoms with Crippen molar-refractivity contribution in [1.82, 2.24) is 0 Å². The van der Waals surface area contributed by atoms with Gasteiger partial charge in [-0.2, -0.15) is 0 Å². The van der Waals surface area contributed by atoms with Gasteiger partial charge in [0, 0.05) is 17.9 Å². The summed E-state index contributed by atoms with van der Waals surface area (Å²) < 4.78 is 0. The second kappa shape index (κ2) is 15.8. The molecule has 1 radical (unpaired) electrons. The molecule has 0 aliphatic heterocycles. The third-order valence-electron chi connectivity index (χ3n) is 5.82. The predicted molar refractivity (Wildman–Crippen MR) is 94.7 cm³/mol. The van der Waals surface area contributed by atoms with Gasteiger partial charge in [0.25, 0.3) is 0 Å². The van der Waals surface area contributed by atoms with Crippen LogP contribution in [0.15, 0.2) is 0 Å². The van der Waals surface area contributed by atoms with E-state index in [4.69, 9.17) is 0 Å². The molecule has 0 unspecified atom stereocenters. The average Bonchev–Trinajstić information content (AvgIpc) is 2.71. The van der Waals surface area contributed by atoms with Gasteiger partial charge in [-0.25, -0.2) is 0 Å². The largest absolute Gasteiger partial charge is 3.00 e. The molecule has 0 amide bonds. The van der Waals surface area contributed by atoms with Gasteiger partial charge in [-0.05, 0) is 56.3 Å². The van der Waals surface area contributed by atoms with E-state index in [1.807, 2.05) is 0 Å². The Bertz CT molecular complexity index is 383. The monoisotopic (exact) mass is 433 g/mol. The molecule has 6 nitrogen and oxygen atoms in total. The molecule has 159 valence electrons. The molecule has 3 aliphatic rings. The molecule has 0 aromatic rings. The number of carbonyl (C=O) groups is 3. The number of hydrogen-bond acceptors (Lipinski definition) is 6. The third kappa shape index (κ3) is 11.7. The summed E-state index contributed by atoms with van der Waals surface area (Å²) in [5.41, 5.74) is 0. The maximum absolute atomic E-state index is 10.2. The molecule has 0 bridgehead atoms. The average molecular weight is 433 g/mol. The molecular weight excluding hydrogens is 400 g/mol. The zero-order chi connectivity index (χ0) is 20.1. The summed E-state index contributed by atoms with van der Waals surface area (Å²) in [5.74, 6) is -2.98. The molecule has 0 spiro atoms. The summed E-state index contributed by atoms with van der Waals surface area (Å²) in [4.78, 5) is 30.7. The molecule has 0 atom stereocenters. The fraction of sp³-hybridized carbons (Fsp3) is 0.857. The topological polar surface area (TPSA) is 120 Å². The molecule has 3 saturated carbocycles. The number of carboxylic acids is 3. The quantitative estimate of drug-likeness (QED) is 0.653. The van der Waals surface area contributed by atoms with E-state index >= 15 is 0 Å². The Labute approximate surface area is 179 Å². The Morgan fingerprint density at radius 2 is 0.607 bits per heavy atom. The van der Waals surface area contributed by atoms with Crippen LogP contribution in [0.4, 0.5) is 0 Å². The van der Waals surface area contributed by atoms with Gasteiger partial charge in [0.1, 0.15) is 0 Å². The SMILES string of the molecule is O=C([O-])C1CCCCC1.O=C([O-])C1CCCCC1.O=C([O-])C1CCCCC1.[Cr+3]. The Balaban J connectivity index is 0.000000384. The van der Waals surface area contributed by atoms with Crippen molar-refractivity contribution in [1.29, 1.82) is 0 Å². The van der Waals surface area contributed by atoms with E-state index in [0.717, 1.165) is 77.0 Å². The van der Waals surface area contributed by atoms with Crippen LogP contribution in [0.25, 0.3) is 0 Å². The molecule has 28 heavy (non-hydrogen) atoms. The first-order chi connectivity index (χ1) is 12.9. The van der Waals surface area contributed by atoms with Crippen LogP contribution in [0.5, 0.6) is 0 Å². The first-order valence-corrected chi connectivity index (χ1v) is 10.5. The first-order valence-electron chi connectivity index (χ1n) is 10.5. The Morgan fingerprint density at radius 3 is 0.714 bits per heavy atom. The molecule has 7 heteroatoms. The van der Waals surface area contributed by atoms with Crippen LogP contribution in [0.1, 0.15) is 96.3 Å². The van der Waals surface area contributed by atoms with Crippen LogP contribution in [-0.4, -0.2) is 17.9 Å². The van der Waals surface area contributed by atoms with Gasteiger partial charge in [-0.3, -0.25) is 0 Å². The third-order valence-corrected chi connectivity index (χ3v) is 5.82. The molecule has 0 aromatic carbocycles. The maximum atomic E-state index is 10.2. The Hall–Kier alpha value is -1.06. The van der Waals surface area contributed by atoms with Crippen LogP contribution in [0, 0.1) is 17.8 Å². The van der Waals surface area contributed by atoms with Gasteiger partial charge in [0.05, 0.1) is 0 Å². The van der Waals surface area contributed by atoms with Gasteiger partial charge in [0.2, 0.25) is 0 Å². The number of carbonyl (C=O) groups excluding carboxylic acids is 3. The van der Waals surface area contributed by atoms with E-state index in [2.05, 4.69) is 0 Å². The molecule has 0 N–H and O–H groups in total. The van der Waals surface area contributed by atoms with E-state index in [9.17, 15) is 29.7 Å². The second-order valence-corrected chi connectivity index (χ2v) is 7.96. The summed E-state index contributed by atoms with van der Waals surface area (Å²) in [6.45, 7) is 0. The number of aliphatic carboxylic acids is 3. The van der Waals surface area contributed by atoms with Crippen molar-refractivity contribution in [2.75, 3.05) is 0 Å². The van der Waals surface area contributed by atoms with Crippen molar-refractivity contribution >= 4 is 17.9 Å². The summed E-state index contributed by atoms with van der Waals surface area (Å²) in [6, 6.07) is 0. The summed E-state index contributed by atoms with van der Waals surface area (Å²) in [7, 11) is 0. The zero-order valence-corrected chi connectivity index (χ0v) is 18.0. The molecule has 3 aliphatic carbocycles.